The highest BCUT2D eigenvalue weighted by Crippen LogP contribution is 2.25. The van der Waals surface area contributed by atoms with Crippen LogP contribution in [0, 0.1) is 0 Å². The van der Waals surface area contributed by atoms with E-state index in [1.807, 2.05) is 30.3 Å². The smallest absolute Gasteiger partial charge is 0.115 e. The molecule has 0 fully saturated rings. The molecule has 2 heteroatoms. The van der Waals surface area contributed by atoms with Crippen molar-refractivity contribution in [3.63, 3.8) is 0 Å². The van der Waals surface area contributed by atoms with Gasteiger partial charge in [-0.15, -0.1) is 6.58 Å². The average Bonchev–Trinajstić information content (AvgIpc) is 2.43. The molecule has 0 aromatic heterocycles. The standard InChI is InChI=1S/C17H18O2/c1-2-14(15-7-11-17(19)12-8-15)6-3-13-4-9-16(18)10-5-13/h2,4-5,7-12,14,18-19H,1,3,6H2. The zero-order valence-corrected chi connectivity index (χ0v) is 10.8. The van der Waals surface area contributed by atoms with E-state index >= 15 is 0 Å². The highest BCUT2D eigenvalue weighted by molar-refractivity contribution is 5.31. The van der Waals surface area contributed by atoms with Crippen LogP contribution in [0.3, 0.4) is 0 Å². The highest BCUT2D eigenvalue weighted by Gasteiger charge is 2.07. The minimum atomic E-state index is 0.273. The van der Waals surface area contributed by atoms with E-state index in [2.05, 4.69) is 6.58 Å². The Morgan fingerprint density at radius 3 is 1.95 bits per heavy atom. The molecule has 0 saturated heterocycles. The molecule has 0 aliphatic heterocycles. The predicted molar refractivity (Wildman–Crippen MR) is 77.5 cm³/mol. The fraction of sp³-hybridized carbons (Fsp3) is 0.176. The summed E-state index contributed by atoms with van der Waals surface area (Å²) in [7, 11) is 0. The minimum absolute atomic E-state index is 0.273. The van der Waals surface area contributed by atoms with Gasteiger partial charge in [-0.3, -0.25) is 0 Å². The van der Waals surface area contributed by atoms with Gasteiger partial charge in [0.15, 0.2) is 0 Å². The number of benzene rings is 2. The van der Waals surface area contributed by atoms with Crippen LogP contribution in [0.2, 0.25) is 0 Å². The van der Waals surface area contributed by atoms with Crippen molar-refractivity contribution in [2.45, 2.75) is 18.8 Å². The number of aromatic hydroxyl groups is 2. The third kappa shape index (κ3) is 3.62. The zero-order chi connectivity index (χ0) is 13.7. The summed E-state index contributed by atoms with van der Waals surface area (Å²) in [5, 5.41) is 18.5. The van der Waals surface area contributed by atoms with Crippen molar-refractivity contribution in [1.29, 1.82) is 0 Å². The van der Waals surface area contributed by atoms with E-state index in [0.717, 1.165) is 18.4 Å². The van der Waals surface area contributed by atoms with Crippen molar-refractivity contribution in [3.05, 3.63) is 72.3 Å². The van der Waals surface area contributed by atoms with Crippen molar-refractivity contribution in [1.82, 2.24) is 0 Å². The van der Waals surface area contributed by atoms with Crippen LogP contribution in [0.4, 0.5) is 0 Å². The summed E-state index contributed by atoms with van der Waals surface area (Å²) >= 11 is 0. The van der Waals surface area contributed by atoms with Gasteiger partial charge in [0.05, 0.1) is 0 Å². The second-order valence-electron chi connectivity index (χ2n) is 4.64. The Morgan fingerprint density at radius 1 is 0.895 bits per heavy atom. The number of allylic oxidation sites excluding steroid dienone is 1. The van der Waals surface area contributed by atoms with Gasteiger partial charge in [0.25, 0.3) is 0 Å². The van der Waals surface area contributed by atoms with Crippen molar-refractivity contribution in [3.8, 4) is 11.5 Å². The van der Waals surface area contributed by atoms with Crippen molar-refractivity contribution >= 4 is 0 Å². The van der Waals surface area contributed by atoms with E-state index in [1.54, 1.807) is 24.3 Å². The van der Waals surface area contributed by atoms with Crippen LogP contribution in [-0.2, 0) is 6.42 Å². The quantitative estimate of drug-likeness (QED) is 0.792. The molecule has 2 aromatic rings. The molecule has 2 N–H and O–H groups in total. The first-order valence-corrected chi connectivity index (χ1v) is 6.38. The molecule has 1 unspecified atom stereocenters. The molecule has 0 amide bonds. The van der Waals surface area contributed by atoms with Gasteiger partial charge >= 0.3 is 0 Å². The van der Waals surface area contributed by atoms with E-state index in [4.69, 9.17) is 0 Å². The summed E-state index contributed by atoms with van der Waals surface area (Å²) in [6.45, 7) is 3.88. The summed E-state index contributed by atoms with van der Waals surface area (Å²) in [5.74, 6) is 0.849. The molecule has 98 valence electrons. The van der Waals surface area contributed by atoms with Crippen LogP contribution in [0.5, 0.6) is 11.5 Å². The van der Waals surface area contributed by atoms with Crippen LogP contribution < -0.4 is 0 Å². The SMILES string of the molecule is C=CC(CCc1ccc(O)cc1)c1ccc(O)cc1. The van der Waals surface area contributed by atoms with Gasteiger partial charge in [0, 0.05) is 5.92 Å². The Labute approximate surface area is 113 Å². The number of hydrogen-bond acceptors (Lipinski definition) is 2. The van der Waals surface area contributed by atoms with Gasteiger partial charge in [0.1, 0.15) is 11.5 Å². The Balaban J connectivity index is 2.01. The maximum Gasteiger partial charge on any atom is 0.115 e. The molecular weight excluding hydrogens is 236 g/mol. The Bertz CT molecular complexity index is 526. The summed E-state index contributed by atoms with van der Waals surface area (Å²) < 4.78 is 0. The van der Waals surface area contributed by atoms with Gasteiger partial charge in [0.2, 0.25) is 0 Å². The van der Waals surface area contributed by atoms with E-state index in [0.29, 0.717) is 5.75 Å². The third-order valence-electron chi connectivity index (χ3n) is 3.29. The van der Waals surface area contributed by atoms with Gasteiger partial charge in [-0.2, -0.15) is 0 Å². The summed E-state index contributed by atoms with van der Waals surface area (Å²) in [6.07, 6.45) is 3.82. The fourth-order valence-electron chi connectivity index (χ4n) is 2.13. The Hall–Kier alpha value is -2.22. The van der Waals surface area contributed by atoms with E-state index in [9.17, 15) is 10.2 Å². The molecule has 19 heavy (non-hydrogen) atoms. The average molecular weight is 254 g/mol. The van der Waals surface area contributed by atoms with Crippen LogP contribution in [0.1, 0.15) is 23.5 Å². The lowest BCUT2D eigenvalue weighted by atomic mass is 9.92. The fourth-order valence-corrected chi connectivity index (χ4v) is 2.13. The van der Waals surface area contributed by atoms with Crippen LogP contribution in [-0.4, -0.2) is 10.2 Å². The first kappa shape index (κ1) is 13.2. The van der Waals surface area contributed by atoms with Gasteiger partial charge in [-0.25, -0.2) is 0 Å². The van der Waals surface area contributed by atoms with Gasteiger partial charge in [-0.05, 0) is 48.2 Å². The lowest BCUT2D eigenvalue weighted by molar-refractivity contribution is 0.474. The molecular formula is C17H18O2. The molecule has 0 saturated carbocycles. The zero-order valence-electron chi connectivity index (χ0n) is 10.8. The first-order chi connectivity index (χ1) is 9.19. The lowest BCUT2D eigenvalue weighted by Crippen LogP contribution is -1.97. The number of hydrogen-bond donors (Lipinski definition) is 2. The molecule has 1 atom stereocenters. The predicted octanol–water partition coefficient (Wildman–Crippen LogP) is 4.00. The second-order valence-corrected chi connectivity index (χ2v) is 4.64. The molecule has 2 rings (SSSR count). The van der Waals surface area contributed by atoms with E-state index < -0.39 is 0 Å². The summed E-state index contributed by atoms with van der Waals surface area (Å²) in [6, 6.07) is 14.5. The van der Waals surface area contributed by atoms with E-state index in [1.165, 1.54) is 5.56 Å². The number of phenolic OH excluding ortho intramolecular Hbond substituents is 2. The molecule has 0 bridgehead atoms. The Kier molecular flexibility index (Phi) is 4.24. The Morgan fingerprint density at radius 2 is 1.42 bits per heavy atom. The molecule has 0 aliphatic rings. The molecule has 0 spiro atoms. The highest BCUT2D eigenvalue weighted by atomic mass is 16.3. The third-order valence-corrected chi connectivity index (χ3v) is 3.29. The first-order valence-electron chi connectivity index (χ1n) is 6.38. The second kappa shape index (κ2) is 6.10. The van der Waals surface area contributed by atoms with Crippen LogP contribution in [0.15, 0.2) is 61.2 Å². The molecule has 0 radical (unpaired) electrons. The van der Waals surface area contributed by atoms with Crippen LogP contribution >= 0.6 is 0 Å². The van der Waals surface area contributed by atoms with Gasteiger partial charge in [-0.1, -0.05) is 30.3 Å². The maximum absolute atomic E-state index is 9.30. The maximum atomic E-state index is 9.30. The summed E-state index contributed by atoms with van der Waals surface area (Å²) in [4.78, 5) is 0. The molecule has 0 heterocycles. The largest absolute Gasteiger partial charge is 0.508 e. The lowest BCUT2D eigenvalue weighted by Gasteiger charge is -2.13. The molecule has 2 nitrogen and oxygen atoms in total. The van der Waals surface area contributed by atoms with Crippen molar-refractivity contribution in [2.75, 3.05) is 0 Å². The van der Waals surface area contributed by atoms with Crippen molar-refractivity contribution < 1.29 is 10.2 Å². The van der Waals surface area contributed by atoms with Crippen molar-refractivity contribution in [2.24, 2.45) is 0 Å². The normalized spacial score (nSPS) is 12.0. The number of rotatable bonds is 5. The number of aryl methyl sites for hydroxylation is 1. The molecule has 0 aliphatic carbocycles. The van der Waals surface area contributed by atoms with Crippen LogP contribution in [0.25, 0.3) is 0 Å². The minimum Gasteiger partial charge on any atom is -0.508 e. The van der Waals surface area contributed by atoms with E-state index in [-0.39, 0.29) is 11.7 Å². The van der Waals surface area contributed by atoms with Gasteiger partial charge < -0.3 is 10.2 Å². The molecule has 2 aromatic carbocycles. The monoisotopic (exact) mass is 254 g/mol. The number of phenols is 2. The summed E-state index contributed by atoms with van der Waals surface area (Å²) in [5.41, 5.74) is 2.36. The topological polar surface area (TPSA) is 40.5 Å².